The average molecular weight is 275 g/mol. The lowest BCUT2D eigenvalue weighted by atomic mass is 10.2. The molecule has 0 spiro atoms. The Morgan fingerprint density at radius 2 is 1.95 bits per heavy atom. The third kappa shape index (κ3) is 6.06. The fourth-order valence-corrected chi connectivity index (χ4v) is 2.03. The van der Waals surface area contributed by atoms with Gasteiger partial charge in [-0.3, -0.25) is 4.99 Å². The van der Waals surface area contributed by atoms with Crippen molar-refractivity contribution in [3.05, 3.63) is 35.9 Å². The van der Waals surface area contributed by atoms with Gasteiger partial charge in [0.1, 0.15) is 0 Å². The van der Waals surface area contributed by atoms with Crippen molar-refractivity contribution in [2.24, 2.45) is 10.9 Å². The molecule has 1 aromatic rings. The molecule has 1 aliphatic carbocycles. The van der Waals surface area contributed by atoms with Gasteiger partial charge in [0.05, 0.1) is 13.2 Å². The third-order valence-corrected chi connectivity index (χ3v) is 3.42. The van der Waals surface area contributed by atoms with Crippen LogP contribution in [0.25, 0.3) is 0 Å². The number of guanidine groups is 1. The molecule has 2 rings (SSSR count). The Bertz CT molecular complexity index is 401. The number of benzene rings is 1. The van der Waals surface area contributed by atoms with Crippen molar-refractivity contribution in [2.45, 2.75) is 25.9 Å². The largest absolute Gasteiger partial charge is 0.375 e. The molecule has 110 valence electrons. The second-order valence-corrected chi connectivity index (χ2v) is 5.20. The van der Waals surface area contributed by atoms with E-state index >= 15 is 0 Å². The summed E-state index contributed by atoms with van der Waals surface area (Å²) in [5.41, 5.74) is 1.21. The number of rotatable bonds is 8. The van der Waals surface area contributed by atoms with Crippen LogP contribution in [0.4, 0.5) is 0 Å². The summed E-state index contributed by atoms with van der Waals surface area (Å²) < 4.78 is 5.62. The first-order chi connectivity index (χ1) is 9.88. The topological polar surface area (TPSA) is 45.7 Å². The zero-order chi connectivity index (χ0) is 14.0. The number of nitrogens with one attached hydrogen (secondary N) is 2. The molecule has 4 heteroatoms. The first kappa shape index (κ1) is 14.9. The zero-order valence-electron chi connectivity index (χ0n) is 12.3. The Morgan fingerprint density at radius 3 is 2.65 bits per heavy atom. The predicted molar refractivity (Wildman–Crippen MR) is 82.8 cm³/mol. The van der Waals surface area contributed by atoms with Crippen LogP contribution in [0.5, 0.6) is 0 Å². The first-order valence-electron chi connectivity index (χ1n) is 7.44. The van der Waals surface area contributed by atoms with Gasteiger partial charge in [0.2, 0.25) is 0 Å². The van der Waals surface area contributed by atoms with Crippen LogP contribution < -0.4 is 10.6 Å². The van der Waals surface area contributed by atoms with Gasteiger partial charge in [0, 0.05) is 20.1 Å². The maximum atomic E-state index is 5.62. The lowest BCUT2D eigenvalue weighted by Crippen LogP contribution is -2.39. The van der Waals surface area contributed by atoms with E-state index in [-0.39, 0.29) is 0 Å². The summed E-state index contributed by atoms with van der Waals surface area (Å²) in [6.07, 6.45) is 4.06. The van der Waals surface area contributed by atoms with E-state index in [2.05, 4.69) is 27.8 Å². The Balaban J connectivity index is 1.50. The first-order valence-corrected chi connectivity index (χ1v) is 7.44. The zero-order valence-corrected chi connectivity index (χ0v) is 12.3. The highest BCUT2D eigenvalue weighted by Crippen LogP contribution is 2.31. The summed E-state index contributed by atoms with van der Waals surface area (Å²) >= 11 is 0. The number of ether oxygens (including phenoxy) is 1. The summed E-state index contributed by atoms with van der Waals surface area (Å²) in [6, 6.07) is 10.2. The number of hydrogen-bond acceptors (Lipinski definition) is 2. The van der Waals surface area contributed by atoms with Gasteiger partial charge < -0.3 is 15.4 Å². The van der Waals surface area contributed by atoms with E-state index in [9.17, 15) is 0 Å². The molecule has 0 heterocycles. The van der Waals surface area contributed by atoms with Crippen molar-refractivity contribution in [1.29, 1.82) is 0 Å². The maximum Gasteiger partial charge on any atom is 0.191 e. The minimum atomic E-state index is 0.663. The molecule has 1 fully saturated rings. The van der Waals surface area contributed by atoms with Gasteiger partial charge in [-0.2, -0.15) is 0 Å². The molecule has 0 aliphatic heterocycles. The monoisotopic (exact) mass is 275 g/mol. The second-order valence-electron chi connectivity index (χ2n) is 5.20. The highest BCUT2D eigenvalue weighted by Gasteiger charge is 2.20. The van der Waals surface area contributed by atoms with E-state index < -0.39 is 0 Å². The Labute approximate surface area is 121 Å². The molecule has 0 unspecified atom stereocenters. The highest BCUT2D eigenvalue weighted by atomic mass is 16.5. The van der Waals surface area contributed by atoms with Gasteiger partial charge >= 0.3 is 0 Å². The lowest BCUT2D eigenvalue weighted by Gasteiger charge is -2.11. The number of nitrogens with zero attached hydrogens (tertiary/aromatic N) is 1. The van der Waals surface area contributed by atoms with E-state index in [4.69, 9.17) is 4.74 Å². The summed E-state index contributed by atoms with van der Waals surface area (Å²) in [7, 11) is 1.80. The molecule has 2 N–H and O–H groups in total. The van der Waals surface area contributed by atoms with Gasteiger partial charge in [-0.05, 0) is 17.9 Å². The van der Waals surface area contributed by atoms with Crippen molar-refractivity contribution >= 4 is 5.96 Å². The normalized spacial score (nSPS) is 15.2. The van der Waals surface area contributed by atoms with E-state index in [0.717, 1.165) is 25.0 Å². The van der Waals surface area contributed by atoms with Gasteiger partial charge in [0.15, 0.2) is 5.96 Å². The quantitative estimate of drug-likeness (QED) is 0.434. The maximum absolute atomic E-state index is 5.62. The molecule has 0 bridgehead atoms. The highest BCUT2D eigenvalue weighted by molar-refractivity contribution is 5.79. The molecule has 0 saturated heterocycles. The van der Waals surface area contributed by atoms with Crippen LogP contribution in [-0.4, -0.2) is 32.7 Å². The van der Waals surface area contributed by atoms with Crippen molar-refractivity contribution < 1.29 is 4.74 Å². The van der Waals surface area contributed by atoms with Crippen LogP contribution in [0, 0.1) is 5.92 Å². The Kier molecular flexibility index (Phi) is 6.38. The second kappa shape index (κ2) is 8.59. The summed E-state index contributed by atoms with van der Waals surface area (Å²) in [4.78, 5) is 4.20. The van der Waals surface area contributed by atoms with Crippen LogP contribution >= 0.6 is 0 Å². The van der Waals surface area contributed by atoms with Gasteiger partial charge in [-0.15, -0.1) is 0 Å². The third-order valence-electron chi connectivity index (χ3n) is 3.42. The molecular formula is C16H25N3O. The Morgan fingerprint density at radius 1 is 1.20 bits per heavy atom. The average Bonchev–Trinajstić information content (AvgIpc) is 3.30. The molecule has 1 aromatic carbocycles. The summed E-state index contributed by atoms with van der Waals surface area (Å²) in [6.45, 7) is 3.12. The van der Waals surface area contributed by atoms with Crippen LogP contribution in [0.2, 0.25) is 0 Å². The number of hydrogen-bond donors (Lipinski definition) is 2. The van der Waals surface area contributed by atoms with Crippen LogP contribution in [0.1, 0.15) is 24.8 Å². The summed E-state index contributed by atoms with van der Waals surface area (Å²) in [5, 5.41) is 6.60. The number of aliphatic imine (C=N–C) groups is 1. The van der Waals surface area contributed by atoms with Crippen molar-refractivity contribution in [1.82, 2.24) is 10.6 Å². The van der Waals surface area contributed by atoms with Crippen LogP contribution in [-0.2, 0) is 11.3 Å². The minimum Gasteiger partial charge on any atom is -0.375 e. The van der Waals surface area contributed by atoms with Gasteiger partial charge in [-0.1, -0.05) is 43.2 Å². The molecule has 20 heavy (non-hydrogen) atoms. The molecule has 0 radical (unpaired) electrons. The lowest BCUT2D eigenvalue weighted by molar-refractivity contribution is 0.125. The Hall–Kier alpha value is -1.55. The van der Waals surface area contributed by atoms with Crippen molar-refractivity contribution in [3.8, 4) is 0 Å². The standard InChI is InChI=1S/C16H25N3O/c1-17-16(18-10-9-14-7-8-14)19-11-12-20-13-15-5-3-2-4-6-15/h2-6,14H,7-13H2,1H3,(H2,17,18,19). The van der Waals surface area contributed by atoms with Crippen molar-refractivity contribution in [2.75, 3.05) is 26.7 Å². The molecule has 1 saturated carbocycles. The fourth-order valence-electron chi connectivity index (χ4n) is 2.03. The molecule has 0 atom stereocenters. The molecule has 0 aromatic heterocycles. The molecule has 0 amide bonds. The molecular weight excluding hydrogens is 250 g/mol. The van der Waals surface area contributed by atoms with Crippen LogP contribution in [0.15, 0.2) is 35.3 Å². The molecule has 4 nitrogen and oxygen atoms in total. The van der Waals surface area contributed by atoms with E-state index in [1.54, 1.807) is 7.05 Å². The smallest absolute Gasteiger partial charge is 0.191 e. The van der Waals surface area contributed by atoms with Crippen LogP contribution in [0.3, 0.4) is 0 Å². The van der Waals surface area contributed by atoms with E-state index in [1.165, 1.54) is 24.8 Å². The van der Waals surface area contributed by atoms with E-state index in [0.29, 0.717) is 13.2 Å². The van der Waals surface area contributed by atoms with Crippen molar-refractivity contribution in [3.63, 3.8) is 0 Å². The SMILES string of the molecule is CN=C(NCCOCc1ccccc1)NCCC1CC1. The minimum absolute atomic E-state index is 0.663. The fraction of sp³-hybridized carbons (Fsp3) is 0.562. The van der Waals surface area contributed by atoms with Gasteiger partial charge in [-0.25, -0.2) is 0 Å². The molecule has 1 aliphatic rings. The summed E-state index contributed by atoms with van der Waals surface area (Å²) in [5.74, 6) is 1.82. The van der Waals surface area contributed by atoms with E-state index in [1.807, 2.05) is 18.2 Å². The van der Waals surface area contributed by atoms with Gasteiger partial charge in [0.25, 0.3) is 0 Å². The predicted octanol–water partition coefficient (Wildman–Crippen LogP) is 2.17.